The molecule has 4 heteroatoms. The van der Waals surface area contributed by atoms with E-state index in [-0.39, 0.29) is 10.7 Å². The summed E-state index contributed by atoms with van der Waals surface area (Å²) in [7, 11) is 2.12. The van der Waals surface area contributed by atoms with E-state index in [9.17, 15) is 4.55 Å². The number of hydrogen-bond donors (Lipinski definition) is 0. The molecule has 1 nitrogen and oxygen atoms in total. The molecule has 0 saturated carbocycles. The Bertz CT molecular complexity index is 185. The van der Waals surface area contributed by atoms with Gasteiger partial charge in [-0.2, -0.15) is 0 Å². The Labute approximate surface area is 78.1 Å². The lowest BCUT2D eigenvalue weighted by Crippen LogP contribution is -2.33. The zero-order chi connectivity index (χ0) is 8.48. The molecule has 0 bridgehead atoms. The highest BCUT2D eigenvalue weighted by atomic mass is 33.5. The highest BCUT2D eigenvalue weighted by Crippen LogP contribution is 2.47. The number of hydrogen-bond acceptors (Lipinski definition) is 3. The molecule has 1 saturated heterocycles. The fraction of sp³-hybridized carbons (Fsp3) is 0.714. The molecule has 2 unspecified atom stereocenters. The van der Waals surface area contributed by atoms with Gasteiger partial charge in [0, 0.05) is 0 Å². The molecular formula is C7H10OS3. The van der Waals surface area contributed by atoms with Crippen LogP contribution in [-0.4, -0.2) is 15.1 Å². The van der Waals surface area contributed by atoms with Crippen molar-refractivity contribution in [2.45, 2.75) is 18.6 Å². The molecule has 1 fully saturated rings. The van der Waals surface area contributed by atoms with Gasteiger partial charge in [-0.1, -0.05) is 0 Å². The maximum atomic E-state index is 11.1. The summed E-state index contributed by atoms with van der Waals surface area (Å²) in [5.41, 5.74) is 0. The second kappa shape index (κ2) is 3.53. The number of terminal acetylenes is 1. The zero-order valence-electron chi connectivity index (χ0n) is 6.49. The number of rotatable bonds is 0. The van der Waals surface area contributed by atoms with Crippen LogP contribution in [0.1, 0.15) is 13.8 Å². The first-order chi connectivity index (χ1) is 5.06. The molecule has 0 aromatic heterocycles. The first-order valence-corrected chi connectivity index (χ1v) is 7.25. The Kier molecular flexibility index (Phi) is 3.10. The summed E-state index contributed by atoms with van der Waals surface area (Å²) >= 11 is 0. The lowest BCUT2D eigenvalue weighted by molar-refractivity contribution is 0.576. The van der Waals surface area contributed by atoms with Crippen LogP contribution in [0.15, 0.2) is 0 Å². The van der Waals surface area contributed by atoms with Gasteiger partial charge in [0.05, 0.1) is 25.7 Å². The third-order valence-electron chi connectivity index (χ3n) is 1.65. The second-order valence-corrected chi connectivity index (χ2v) is 8.75. The van der Waals surface area contributed by atoms with Crippen LogP contribution < -0.4 is 0 Å². The topological polar surface area (TPSA) is 23.1 Å². The van der Waals surface area contributed by atoms with Gasteiger partial charge < -0.3 is 4.55 Å². The summed E-state index contributed by atoms with van der Waals surface area (Å²) in [6.45, 7) is 4.11. The fourth-order valence-electron chi connectivity index (χ4n) is 0.831. The summed E-state index contributed by atoms with van der Waals surface area (Å²) in [6, 6.07) is 0. The van der Waals surface area contributed by atoms with E-state index in [4.69, 9.17) is 6.42 Å². The molecule has 62 valence electrons. The predicted molar refractivity (Wildman–Crippen MR) is 54.6 cm³/mol. The fourth-order valence-corrected chi connectivity index (χ4v) is 7.16. The van der Waals surface area contributed by atoms with Crippen LogP contribution in [0.4, 0.5) is 0 Å². The standard InChI is InChI=1S/C7H10OS3/c1-4-6-5-9-11(8)10-7(6,2)3/h1,6H,5H2,2-3H3. The van der Waals surface area contributed by atoms with Gasteiger partial charge in [-0.3, -0.25) is 0 Å². The molecule has 0 radical (unpaired) electrons. The van der Waals surface area contributed by atoms with E-state index >= 15 is 0 Å². The molecule has 1 heterocycles. The third kappa shape index (κ3) is 2.25. The van der Waals surface area contributed by atoms with Crippen molar-refractivity contribution in [3.63, 3.8) is 0 Å². The van der Waals surface area contributed by atoms with E-state index in [0.717, 1.165) is 5.75 Å². The van der Waals surface area contributed by atoms with Crippen molar-refractivity contribution in [3.8, 4) is 12.3 Å². The van der Waals surface area contributed by atoms with Crippen molar-refractivity contribution in [2.24, 2.45) is 5.92 Å². The third-order valence-corrected chi connectivity index (χ3v) is 7.33. The van der Waals surface area contributed by atoms with Gasteiger partial charge in [-0.25, -0.2) is 0 Å². The Morgan fingerprint density at radius 3 is 2.82 bits per heavy atom. The van der Waals surface area contributed by atoms with Crippen molar-refractivity contribution in [1.29, 1.82) is 0 Å². The lowest BCUT2D eigenvalue weighted by Gasteiger charge is -2.31. The molecule has 1 aliphatic heterocycles. The quantitative estimate of drug-likeness (QED) is 0.344. The van der Waals surface area contributed by atoms with E-state index in [1.54, 1.807) is 0 Å². The molecule has 0 aliphatic carbocycles. The van der Waals surface area contributed by atoms with Crippen LogP contribution in [0.3, 0.4) is 0 Å². The summed E-state index contributed by atoms with van der Waals surface area (Å²) in [4.78, 5) is 0. The molecule has 0 amide bonds. The van der Waals surface area contributed by atoms with Crippen LogP contribution in [0, 0.1) is 18.3 Å². The van der Waals surface area contributed by atoms with E-state index < -0.39 is 9.24 Å². The summed E-state index contributed by atoms with van der Waals surface area (Å²) in [6.07, 6.45) is 5.35. The average molecular weight is 206 g/mol. The Hall–Kier alpha value is 0.570. The molecule has 0 N–H and O–H groups in total. The van der Waals surface area contributed by atoms with Crippen LogP contribution in [-0.2, 0) is 9.24 Å². The van der Waals surface area contributed by atoms with Gasteiger partial charge in [0.2, 0.25) is 0 Å². The van der Waals surface area contributed by atoms with Crippen molar-refractivity contribution >= 4 is 30.8 Å². The van der Waals surface area contributed by atoms with E-state index in [1.807, 2.05) is 0 Å². The van der Waals surface area contributed by atoms with Gasteiger partial charge in [0.15, 0.2) is 0 Å². The van der Waals surface area contributed by atoms with Crippen LogP contribution in [0.2, 0.25) is 0 Å². The predicted octanol–water partition coefficient (Wildman–Crippen LogP) is 2.07. The SMILES string of the molecule is C#CC1CS[S+]([O-])SC1(C)C. The van der Waals surface area contributed by atoms with Gasteiger partial charge in [-0.15, -0.1) is 12.3 Å². The van der Waals surface area contributed by atoms with Crippen molar-refractivity contribution in [2.75, 3.05) is 5.75 Å². The average Bonchev–Trinajstić information content (AvgIpc) is 1.85. The van der Waals surface area contributed by atoms with E-state index in [0.29, 0.717) is 0 Å². The molecule has 0 aromatic rings. The van der Waals surface area contributed by atoms with Gasteiger partial charge in [0.1, 0.15) is 21.6 Å². The summed E-state index contributed by atoms with van der Waals surface area (Å²) in [5, 5.41) is 0. The van der Waals surface area contributed by atoms with Gasteiger partial charge in [-0.05, 0) is 13.8 Å². The highest BCUT2D eigenvalue weighted by Gasteiger charge is 2.41. The first-order valence-electron chi connectivity index (χ1n) is 3.27. The van der Waals surface area contributed by atoms with Gasteiger partial charge in [0.25, 0.3) is 0 Å². The summed E-state index contributed by atoms with van der Waals surface area (Å²) in [5.74, 6) is 3.81. The Morgan fingerprint density at radius 2 is 2.36 bits per heavy atom. The largest absolute Gasteiger partial charge is 0.594 e. The van der Waals surface area contributed by atoms with E-state index in [2.05, 4.69) is 19.8 Å². The maximum Gasteiger partial charge on any atom is 0.111 e. The zero-order valence-corrected chi connectivity index (χ0v) is 8.94. The highest BCUT2D eigenvalue weighted by molar-refractivity contribution is 9.05. The first kappa shape index (κ1) is 9.66. The van der Waals surface area contributed by atoms with Crippen LogP contribution >= 0.6 is 21.6 Å². The molecule has 0 spiro atoms. The smallest absolute Gasteiger partial charge is 0.111 e. The minimum Gasteiger partial charge on any atom is -0.594 e. The normalized spacial score (nSPS) is 36.2. The Balaban J connectivity index is 2.66. The molecule has 1 aliphatic rings. The van der Waals surface area contributed by atoms with Crippen molar-refractivity contribution in [3.05, 3.63) is 0 Å². The molecule has 1 rings (SSSR count). The van der Waals surface area contributed by atoms with Gasteiger partial charge >= 0.3 is 0 Å². The molecular weight excluding hydrogens is 196 g/mol. The monoisotopic (exact) mass is 206 g/mol. The maximum absolute atomic E-state index is 11.1. The molecule has 2 atom stereocenters. The lowest BCUT2D eigenvalue weighted by atomic mass is 9.98. The minimum atomic E-state index is -0.794. The van der Waals surface area contributed by atoms with E-state index in [1.165, 1.54) is 21.6 Å². The molecule has 0 aromatic carbocycles. The Morgan fingerprint density at radius 1 is 1.73 bits per heavy atom. The van der Waals surface area contributed by atoms with Crippen LogP contribution in [0.25, 0.3) is 0 Å². The summed E-state index contributed by atoms with van der Waals surface area (Å²) < 4.78 is 11.1. The second-order valence-electron chi connectivity index (χ2n) is 2.89. The molecule has 11 heavy (non-hydrogen) atoms. The minimum absolute atomic E-state index is 0.0230. The van der Waals surface area contributed by atoms with Crippen LogP contribution in [0.5, 0.6) is 0 Å². The van der Waals surface area contributed by atoms with Crippen molar-refractivity contribution in [1.82, 2.24) is 0 Å². The van der Waals surface area contributed by atoms with Crippen molar-refractivity contribution < 1.29 is 4.55 Å².